The van der Waals surface area contributed by atoms with Crippen molar-refractivity contribution in [3.05, 3.63) is 29.8 Å². The summed E-state index contributed by atoms with van der Waals surface area (Å²) < 4.78 is 16.5. The van der Waals surface area contributed by atoms with Gasteiger partial charge in [-0.1, -0.05) is 12.1 Å². The quantitative estimate of drug-likeness (QED) is 0.857. The number of rotatable bonds is 6. The van der Waals surface area contributed by atoms with Crippen LogP contribution in [0.25, 0.3) is 0 Å². The van der Waals surface area contributed by atoms with E-state index in [2.05, 4.69) is 0 Å². The van der Waals surface area contributed by atoms with E-state index in [1.807, 2.05) is 31.2 Å². The summed E-state index contributed by atoms with van der Waals surface area (Å²) in [4.78, 5) is 0. The van der Waals surface area contributed by atoms with Crippen molar-refractivity contribution in [1.29, 1.82) is 0 Å². The van der Waals surface area contributed by atoms with E-state index in [1.54, 1.807) is 7.11 Å². The molecular weight excluding hydrogens is 242 g/mol. The summed E-state index contributed by atoms with van der Waals surface area (Å²) in [5, 5.41) is 0. The van der Waals surface area contributed by atoms with Gasteiger partial charge in [-0.15, -0.1) is 0 Å². The van der Waals surface area contributed by atoms with Gasteiger partial charge in [-0.05, 0) is 37.5 Å². The SMILES string of the molecule is COc1ccc(C(N)C(C)OCC2CCCO2)cc1. The Morgan fingerprint density at radius 2 is 2.11 bits per heavy atom. The summed E-state index contributed by atoms with van der Waals surface area (Å²) in [5.74, 6) is 0.837. The highest BCUT2D eigenvalue weighted by molar-refractivity contribution is 5.29. The second-order valence-electron chi connectivity index (χ2n) is 4.97. The first-order valence-electron chi connectivity index (χ1n) is 6.83. The van der Waals surface area contributed by atoms with E-state index in [0.717, 1.165) is 30.8 Å². The molecule has 1 heterocycles. The van der Waals surface area contributed by atoms with Crippen LogP contribution < -0.4 is 10.5 Å². The molecule has 19 heavy (non-hydrogen) atoms. The predicted octanol–water partition coefficient (Wildman–Crippen LogP) is 2.28. The number of methoxy groups -OCH3 is 1. The Morgan fingerprint density at radius 3 is 2.68 bits per heavy atom. The largest absolute Gasteiger partial charge is 0.497 e. The highest BCUT2D eigenvalue weighted by atomic mass is 16.5. The van der Waals surface area contributed by atoms with Gasteiger partial charge in [0.2, 0.25) is 0 Å². The molecule has 2 rings (SSSR count). The van der Waals surface area contributed by atoms with E-state index in [1.165, 1.54) is 0 Å². The second kappa shape index (κ2) is 6.89. The molecule has 0 aliphatic carbocycles. The van der Waals surface area contributed by atoms with Crippen LogP contribution >= 0.6 is 0 Å². The number of hydrogen-bond donors (Lipinski definition) is 1. The van der Waals surface area contributed by atoms with E-state index in [-0.39, 0.29) is 18.2 Å². The fourth-order valence-electron chi connectivity index (χ4n) is 2.24. The molecule has 1 fully saturated rings. The van der Waals surface area contributed by atoms with Crippen LogP contribution in [0.4, 0.5) is 0 Å². The number of nitrogens with two attached hydrogens (primary N) is 1. The van der Waals surface area contributed by atoms with Gasteiger partial charge in [-0.3, -0.25) is 0 Å². The molecule has 0 radical (unpaired) electrons. The van der Waals surface area contributed by atoms with Gasteiger partial charge in [0.15, 0.2) is 0 Å². The minimum absolute atomic E-state index is 0.0300. The van der Waals surface area contributed by atoms with Gasteiger partial charge in [-0.2, -0.15) is 0 Å². The highest BCUT2D eigenvalue weighted by Crippen LogP contribution is 2.21. The molecule has 0 bridgehead atoms. The predicted molar refractivity (Wildman–Crippen MR) is 74.3 cm³/mol. The standard InChI is InChI=1S/C15H23NO3/c1-11(19-10-14-4-3-9-18-14)15(16)12-5-7-13(17-2)8-6-12/h5-8,11,14-15H,3-4,9-10,16H2,1-2H3. The first kappa shape index (κ1) is 14.3. The summed E-state index contributed by atoms with van der Waals surface area (Å²) in [6, 6.07) is 7.67. The van der Waals surface area contributed by atoms with Gasteiger partial charge in [-0.25, -0.2) is 0 Å². The van der Waals surface area contributed by atoms with Crippen LogP contribution in [-0.2, 0) is 9.47 Å². The van der Waals surface area contributed by atoms with Crippen molar-refractivity contribution < 1.29 is 14.2 Å². The van der Waals surface area contributed by atoms with E-state index >= 15 is 0 Å². The third-order valence-electron chi connectivity index (χ3n) is 3.58. The average Bonchev–Trinajstić information content (AvgIpc) is 2.97. The molecule has 0 saturated carbocycles. The van der Waals surface area contributed by atoms with Crippen molar-refractivity contribution in [1.82, 2.24) is 0 Å². The first-order chi connectivity index (χ1) is 9.20. The normalized spacial score (nSPS) is 22.2. The van der Waals surface area contributed by atoms with Crippen molar-refractivity contribution in [3.63, 3.8) is 0 Å². The summed E-state index contributed by atoms with van der Waals surface area (Å²) in [6.45, 7) is 3.49. The van der Waals surface area contributed by atoms with Gasteiger partial charge < -0.3 is 19.9 Å². The number of hydrogen-bond acceptors (Lipinski definition) is 4. The van der Waals surface area contributed by atoms with Crippen LogP contribution in [0.5, 0.6) is 5.75 Å². The molecule has 1 aromatic rings. The topological polar surface area (TPSA) is 53.7 Å². The van der Waals surface area contributed by atoms with Crippen molar-refractivity contribution in [2.24, 2.45) is 5.73 Å². The zero-order valence-electron chi connectivity index (χ0n) is 11.7. The van der Waals surface area contributed by atoms with Crippen LogP contribution in [0.2, 0.25) is 0 Å². The average molecular weight is 265 g/mol. The maximum atomic E-state index is 6.21. The van der Waals surface area contributed by atoms with Crippen LogP contribution in [0, 0.1) is 0 Å². The Kier molecular flexibility index (Phi) is 5.19. The molecule has 4 nitrogen and oxygen atoms in total. The van der Waals surface area contributed by atoms with Crippen molar-refractivity contribution in [2.45, 2.75) is 38.0 Å². The van der Waals surface area contributed by atoms with Crippen LogP contribution in [-0.4, -0.2) is 32.5 Å². The Balaban J connectivity index is 1.84. The molecule has 0 amide bonds. The lowest BCUT2D eigenvalue weighted by atomic mass is 10.0. The fourth-order valence-corrected chi connectivity index (χ4v) is 2.24. The van der Waals surface area contributed by atoms with Gasteiger partial charge in [0.25, 0.3) is 0 Å². The van der Waals surface area contributed by atoms with Gasteiger partial charge >= 0.3 is 0 Å². The zero-order chi connectivity index (χ0) is 13.7. The lowest BCUT2D eigenvalue weighted by Gasteiger charge is -2.22. The summed E-state index contributed by atoms with van der Waals surface area (Å²) in [7, 11) is 1.66. The molecule has 106 valence electrons. The Bertz CT molecular complexity index is 373. The molecule has 4 heteroatoms. The van der Waals surface area contributed by atoms with Gasteiger partial charge in [0.05, 0.1) is 32.0 Å². The van der Waals surface area contributed by atoms with Crippen LogP contribution in [0.1, 0.15) is 31.4 Å². The van der Waals surface area contributed by atoms with E-state index < -0.39 is 0 Å². The molecule has 0 aromatic heterocycles. The minimum Gasteiger partial charge on any atom is -0.497 e. The maximum absolute atomic E-state index is 6.21. The van der Waals surface area contributed by atoms with Crippen molar-refractivity contribution in [2.75, 3.05) is 20.3 Å². The Labute approximate surface area is 114 Å². The van der Waals surface area contributed by atoms with Crippen molar-refractivity contribution in [3.8, 4) is 5.75 Å². The number of ether oxygens (including phenoxy) is 3. The van der Waals surface area contributed by atoms with E-state index in [4.69, 9.17) is 19.9 Å². The third kappa shape index (κ3) is 3.93. The molecule has 0 spiro atoms. The lowest BCUT2D eigenvalue weighted by molar-refractivity contribution is -0.0224. The van der Waals surface area contributed by atoms with Crippen LogP contribution in [0.3, 0.4) is 0 Å². The maximum Gasteiger partial charge on any atom is 0.118 e. The minimum atomic E-state index is -0.132. The van der Waals surface area contributed by atoms with Crippen LogP contribution in [0.15, 0.2) is 24.3 Å². The van der Waals surface area contributed by atoms with E-state index in [9.17, 15) is 0 Å². The zero-order valence-corrected chi connectivity index (χ0v) is 11.7. The Morgan fingerprint density at radius 1 is 1.37 bits per heavy atom. The second-order valence-corrected chi connectivity index (χ2v) is 4.97. The molecule has 1 aromatic carbocycles. The van der Waals surface area contributed by atoms with Gasteiger partial charge in [0, 0.05) is 6.61 Å². The summed E-state index contributed by atoms with van der Waals surface area (Å²) >= 11 is 0. The van der Waals surface area contributed by atoms with Crippen molar-refractivity contribution >= 4 is 0 Å². The summed E-state index contributed by atoms with van der Waals surface area (Å²) in [6.07, 6.45) is 2.43. The number of benzene rings is 1. The highest BCUT2D eigenvalue weighted by Gasteiger charge is 2.20. The summed E-state index contributed by atoms with van der Waals surface area (Å²) in [5.41, 5.74) is 7.26. The monoisotopic (exact) mass is 265 g/mol. The molecule has 1 aliphatic heterocycles. The molecule has 1 aliphatic rings. The molecular formula is C15H23NO3. The molecule has 3 unspecified atom stereocenters. The molecule has 3 atom stereocenters. The molecule has 2 N–H and O–H groups in total. The Hall–Kier alpha value is -1.10. The first-order valence-corrected chi connectivity index (χ1v) is 6.83. The van der Waals surface area contributed by atoms with E-state index in [0.29, 0.717) is 6.61 Å². The third-order valence-corrected chi connectivity index (χ3v) is 3.58. The van der Waals surface area contributed by atoms with Gasteiger partial charge in [0.1, 0.15) is 5.75 Å². The smallest absolute Gasteiger partial charge is 0.118 e. The lowest BCUT2D eigenvalue weighted by Crippen LogP contribution is -2.29. The molecule has 1 saturated heterocycles. The fraction of sp³-hybridized carbons (Fsp3) is 0.600.